The zero-order valence-electron chi connectivity index (χ0n) is 10.3. The number of alkyl halides is 3. The summed E-state index contributed by atoms with van der Waals surface area (Å²) in [6.45, 7) is -0.681. The van der Waals surface area contributed by atoms with E-state index in [0.29, 0.717) is 0 Å². The van der Waals surface area contributed by atoms with Gasteiger partial charge in [0.2, 0.25) is 0 Å². The Balaban J connectivity index is 3.14. The summed E-state index contributed by atoms with van der Waals surface area (Å²) in [5.74, 6) is -0.643. The molecule has 1 atom stereocenters. The Bertz CT molecular complexity index is 421. The molecule has 0 spiro atoms. The number of benzene rings is 1. The number of halogens is 4. The lowest BCUT2D eigenvalue weighted by Crippen LogP contribution is -2.37. The average Bonchev–Trinajstić information content (AvgIpc) is 2.26. The van der Waals surface area contributed by atoms with Gasteiger partial charge in [0.1, 0.15) is 12.4 Å². The van der Waals surface area contributed by atoms with Crippen LogP contribution in [0.1, 0.15) is 18.6 Å². The van der Waals surface area contributed by atoms with Gasteiger partial charge in [0.25, 0.3) is 0 Å². The molecule has 0 heterocycles. The van der Waals surface area contributed by atoms with E-state index >= 15 is 0 Å². The van der Waals surface area contributed by atoms with Crippen molar-refractivity contribution in [2.45, 2.75) is 19.2 Å². The molecule has 0 amide bonds. The van der Waals surface area contributed by atoms with E-state index in [4.69, 9.17) is 5.11 Å². The fourth-order valence-electron chi connectivity index (χ4n) is 1.77. The first kappa shape index (κ1) is 15.7. The second-order valence-electron chi connectivity index (χ2n) is 4.14. The topological polar surface area (TPSA) is 43.7 Å². The number of aliphatic hydroxyl groups is 2. The van der Waals surface area contributed by atoms with Crippen LogP contribution in [-0.4, -0.2) is 36.1 Å². The molecule has 19 heavy (non-hydrogen) atoms. The maximum atomic E-state index is 13.1. The molecule has 0 saturated heterocycles. The van der Waals surface area contributed by atoms with Crippen LogP contribution in [0.2, 0.25) is 0 Å². The first-order valence-electron chi connectivity index (χ1n) is 5.64. The van der Waals surface area contributed by atoms with E-state index in [1.807, 2.05) is 0 Å². The zero-order chi connectivity index (χ0) is 14.6. The number of rotatable bonds is 5. The quantitative estimate of drug-likeness (QED) is 0.814. The molecule has 3 nitrogen and oxygen atoms in total. The predicted octanol–water partition coefficient (Wildman–Crippen LogP) is 2.24. The molecule has 0 bridgehead atoms. The van der Waals surface area contributed by atoms with E-state index in [1.165, 1.54) is 13.0 Å². The molecule has 2 N–H and O–H groups in total. The highest BCUT2D eigenvalue weighted by Crippen LogP contribution is 2.29. The third-order valence-corrected chi connectivity index (χ3v) is 2.52. The van der Waals surface area contributed by atoms with Gasteiger partial charge in [0.15, 0.2) is 0 Å². The molecular formula is C12H15F4NO2. The Kier molecular flexibility index (Phi) is 5.13. The molecule has 0 aliphatic carbocycles. The van der Waals surface area contributed by atoms with Crippen LogP contribution in [0, 0.1) is 5.82 Å². The molecule has 0 aliphatic rings. The van der Waals surface area contributed by atoms with Gasteiger partial charge in [-0.1, -0.05) is 0 Å². The number of hydrogen-bond acceptors (Lipinski definition) is 3. The molecule has 1 rings (SSSR count). The lowest BCUT2D eigenvalue weighted by Gasteiger charge is -2.28. The Morgan fingerprint density at radius 1 is 1.32 bits per heavy atom. The standard InChI is InChI=1S/C12H15F4NO2/c1-8(19)10-6-9(13)2-3-11(10)17(4-5-18)7-12(14,15)16/h2-3,6,8,18-19H,4-5,7H2,1H3. The van der Waals surface area contributed by atoms with Crippen molar-refractivity contribution in [3.05, 3.63) is 29.6 Å². The lowest BCUT2D eigenvalue weighted by molar-refractivity contribution is -0.119. The summed E-state index contributed by atoms with van der Waals surface area (Å²) >= 11 is 0. The molecule has 0 radical (unpaired) electrons. The maximum Gasteiger partial charge on any atom is 0.405 e. The van der Waals surface area contributed by atoms with Gasteiger partial charge in [-0.05, 0) is 25.1 Å². The van der Waals surface area contributed by atoms with Gasteiger partial charge in [-0.15, -0.1) is 0 Å². The third-order valence-electron chi connectivity index (χ3n) is 2.52. The first-order chi connectivity index (χ1) is 8.74. The van der Waals surface area contributed by atoms with Crippen LogP contribution < -0.4 is 4.90 Å². The molecule has 108 valence electrons. The number of anilines is 1. The molecule has 0 aromatic heterocycles. The maximum absolute atomic E-state index is 13.1. The van der Waals surface area contributed by atoms with Crippen molar-refractivity contribution in [1.29, 1.82) is 0 Å². The molecule has 0 fully saturated rings. The summed E-state index contributed by atoms with van der Waals surface area (Å²) in [4.78, 5) is 0.863. The molecule has 1 unspecified atom stereocenters. The van der Waals surface area contributed by atoms with E-state index < -0.39 is 31.2 Å². The van der Waals surface area contributed by atoms with Crippen molar-refractivity contribution in [3.8, 4) is 0 Å². The van der Waals surface area contributed by atoms with Crippen molar-refractivity contribution in [2.75, 3.05) is 24.6 Å². The second-order valence-corrected chi connectivity index (χ2v) is 4.14. The van der Waals surface area contributed by atoms with Gasteiger partial charge in [-0.2, -0.15) is 13.2 Å². The van der Waals surface area contributed by atoms with Crippen LogP contribution in [-0.2, 0) is 0 Å². The average molecular weight is 281 g/mol. The second kappa shape index (κ2) is 6.21. The number of nitrogens with zero attached hydrogens (tertiary/aromatic N) is 1. The monoisotopic (exact) mass is 281 g/mol. The van der Waals surface area contributed by atoms with Crippen molar-refractivity contribution in [1.82, 2.24) is 0 Å². The Hall–Kier alpha value is -1.34. The zero-order valence-corrected chi connectivity index (χ0v) is 10.3. The van der Waals surface area contributed by atoms with Gasteiger partial charge in [-0.3, -0.25) is 0 Å². The fraction of sp³-hybridized carbons (Fsp3) is 0.500. The first-order valence-corrected chi connectivity index (χ1v) is 5.64. The third kappa shape index (κ3) is 4.68. The van der Waals surface area contributed by atoms with Crippen LogP contribution in [0.3, 0.4) is 0 Å². The molecule has 0 aliphatic heterocycles. The molecule has 1 aromatic rings. The Labute approximate surface area is 108 Å². The van der Waals surface area contributed by atoms with Gasteiger partial charge < -0.3 is 15.1 Å². The summed E-state index contributed by atoms with van der Waals surface area (Å²) in [5, 5.41) is 18.3. The molecule has 0 saturated carbocycles. The van der Waals surface area contributed by atoms with Gasteiger partial charge in [-0.25, -0.2) is 4.39 Å². The number of hydrogen-bond donors (Lipinski definition) is 2. The fourth-order valence-corrected chi connectivity index (χ4v) is 1.77. The van der Waals surface area contributed by atoms with Crippen LogP contribution in [0.25, 0.3) is 0 Å². The SMILES string of the molecule is CC(O)c1cc(F)ccc1N(CCO)CC(F)(F)F. The van der Waals surface area contributed by atoms with Crippen LogP contribution in [0.4, 0.5) is 23.2 Å². The van der Waals surface area contributed by atoms with Crippen LogP contribution in [0.5, 0.6) is 0 Å². The predicted molar refractivity (Wildman–Crippen MR) is 62.4 cm³/mol. The minimum Gasteiger partial charge on any atom is -0.395 e. The lowest BCUT2D eigenvalue weighted by atomic mass is 10.1. The van der Waals surface area contributed by atoms with Gasteiger partial charge >= 0.3 is 6.18 Å². The van der Waals surface area contributed by atoms with Crippen LogP contribution >= 0.6 is 0 Å². The van der Waals surface area contributed by atoms with Crippen LogP contribution in [0.15, 0.2) is 18.2 Å². The highest BCUT2D eigenvalue weighted by Gasteiger charge is 2.31. The van der Waals surface area contributed by atoms with Crippen molar-refractivity contribution < 1.29 is 27.8 Å². The van der Waals surface area contributed by atoms with E-state index in [2.05, 4.69) is 0 Å². The van der Waals surface area contributed by atoms with Gasteiger partial charge in [0.05, 0.1) is 12.7 Å². The Morgan fingerprint density at radius 2 is 1.95 bits per heavy atom. The normalized spacial score (nSPS) is 13.4. The highest BCUT2D eigenvalue weighted by atomic mass is 19.4. The Morgan fingerprint density at radius 3 is 2.42 bits per heavy atom. The van der Waals surface area contributed by atoms with E-state index in [-0.39, 0.29) is 17.8 Å². The number of aliphatic hydroxyl groups excluding tert-OH is 2. The molecule has 7 heteroatoms. The summed E-state index contributed by atoms with van der Waals surface area (Å²) in [5.41, 5.74) is 0.112. The van der Waals surface area contributed by atoms with Crippen molar-refractivity contribution >= 4 is 5.69 Å². The largest absolute Gasteiger partial charge is 0.405 e. The minimum atomic E-state index is -4.46. The van der Waals surface area contributed by atoms with E-state index in [9.17, 15) is 22.7 Å². The van der Waals surface area contributed by atoms with E-state index in [1.54, 1.807) is 0 Å². The van der Waals surface area contributed by atoms with Crippen molar-refractivity contribution in [2.24, 2.45) is 0 Å². The summed E-state index contributed by atoms with van der Waals surface area (Å²) in [6, 6.07) is 3.17. The summed E-state index contributed by atoms with van der Waals surface area (Å²) in [7, 11) is 0. The smallest absolute Gasteiger partial charge is 0.395 e. The van der Waals surface area contributed by atoms with Crippen molar-refractivity contribution in [3.63, 3.8) is 0 Å². The highest BCUT2D eigenvalue weighted by molar-refractivity contribution is 5.55. The summed E-state index contributed by atoms with van der Waals surface area (Å²) in [6.07, 6.45) is -5.57. The van der Waals surface area contributed by atoms with E-state index in [0.717, 1.165) is 17.0 Å². The minimum absolute atomic E-state index is 0.0534. The summed E-state index contributed by atoms with van der Waals surface area (Å²) < 4.78 is 50.5. The molecule has 1 aromatic carbocycles. The molecular weight excluding hydrogens is 266 g/mol. The van der Waals surface area contributed by atoms with Gasteiger partial charge in [0, 0.05) is 17.8 Å².